The maximum Gasteiger partial charge on any atom is 0.324 e. The molecule has 10 nitrogen and oxygen atoms in total. The van der Waals surface area contributed by atoms with Gasteiger partial charge in [0.2, 0.25) is 5.91 Å². The summed E-state index contributed by atoms with van der Waals surface area (Å²) in [7, 11) is 4.06. The molecule has 0 unspecified atom stereocenters. The molecule has 4 aromatic rings. The van der Waals surface area contributed by atoms with Gasteiger partial charge < -0.3 is 20.3 Å². The molecule has 1 aliphatic heterocycles. The zero-order valence-electron chi connectivity index (χ0n) is 25.3. The van der Waals surface area contributed by atoms with Crippen LogP contribution in [0, 0.1) is 0 Å². The maximum atomic E-state index is 13.3. The summed E-state index contributed by atoms with van der Waals surface area (Å²) < 4.78 is 7.98. The average molecular weight is 600 g/mol. The number of thioether (sulfide) groups is 1. The Kier molecular flexibility index (Phi) is 8.74. The highest BCUT2D eigenvalue weighted by Gasteiger charge is 2.23. The largest absolute Gasteiger partial charge is 0.457 e. The van der Waals surface area contributed by atoms with Crippen LogP contribution in [0.2, 0.25) is 0 Å². The zero-order valence-corrected chi connectivity index (χ0v) is 26.1. The molecule has 11 heteroatoms. The molecule has 2 aromatic carbocycles. The van der Waals surface area contributed by atoms with Crippen molar-refractivity contribution in [3.05, 3.63) is 77.6 Å². The summed E-state index contributed by atoms with van der Waals surface area (Å²) in [6.07, 6.45) is 4.51. The lowest BCUT2D eigenvalue weighted by molar-refractivity contribution is -0.116. The number of pyridine rings is 1. The van der Waals surface area contributed by atoms with Crippen molar-refractivity contribution < 1.29 is 14.3 Å². The van der Waals surface area contributed by atoms with E-state index in [0.717, 1.165) is 33.9 Å². The third-order valence-corrected chi connectivity index (χ3v) is 7.67. The number of nitrogens with one attached hydrogen (secondary N) is 3. The van der Waals surface area contributed by atoms with Crippen molar-refractivity contribution in [3.8, 4) is 17.2 Å². The molecule has 0 bridgehead atoms. The van der Waals surface area contributed by atoms with E-state index in [4.69, 9.17) is 9.84 Å². The highest BCUT2D eigenvalue weighted by atomic mass is 32.2. The van der Waals surface area contributed by atoms with Crippen LogP contribution in [0.4, 0.5) is 22.1 Å². The first-order valence-corrected chi connectivity index (χ1v) is 15.3. The Morgan fingerprint density at radius 3 is 2.65 bits per heavy atom. The second-order valence-electron chi connectivity index (χ2n) is 11.7. The minimum atomic E-state index is -0.381. The van der Waals surface area contributed by atoms with E-state index in [1.807, 2.05) is 56.7 Å². The van der Waals surface area contributed by atoms with Crippen LogP contribution in [-0.2, 0) is 23.2 Å². The van der Waals surface area contributed by atoms with Crippen molar-refractivity contribution in [2.24, 2.45) is 0 Å². The molecule has 2 aromatic heterocycles. The van der Waals surface area contributed by atoms with E-state index < -0.39 is 0 Å². The molecule has 0 saturated carbocycles. The number of benzene rings is 2. The van der Waals surface area contributed by atoms with Gasteiger partial charge in [-0.2, -0.15) is 5.10 Å². The molecule has 0 aliphatic carbocycles. The molecule has 0 atom stereocenters. The Morgan fingerprint density at radius 2 is 1.91 bits per heavy atom. The highest BCUT2D eigenvalue weighted by molar-refractivity contribution is 7.98. The third kappa shape index (κ3) is 7.18. The summed E-state index contributed by atoms with van der Waals surface area (Å²) in [5.41, 5.74) is 4.19. The van der Waals surface area contributed by atoms with Crippen LogP contribution in [0.1, 0.15) is 44.0 Å². The standard InChI is InChI=1S/C32H37N7O3S/c1-32(2,3)27-18-28(39(37-27)21-9-7-8-20(16-21)19-38(4)5)35-31(41)34-24-12-10-22(17-26(24)43-6)42-25-14-15-33-30-23(25)11-13-29(40)36-30/h7-10,12,14-18H,11,13,19H2,1-6H3,(H,33,36,40)(H2,34,35,41). The smallest absolute Gasteiger partial charge is 0.324 e. The molecular formula is C32H37N7O3S. The molecular weight excluding hydrogens is 562 g/mol. The molecule has 0 fully saturated rings. The number of hydrogen-bond donors (Lipinski definition) is 3. The van der Waals surface area contributed by atoms with E-state index in [2.05, 4.69) is 58.7 Å². The Hall–Kier alpha value is -4.35. The fourth-order valence-corrected chi connectivity index (χ4v) is 5.35. The number of rotatable bonds is 8. The number of hydrogen-bond acceptors (Lipinski definition) is 7. The first kappa shape index (κ1) is 30.1. The fraction of sp³-hybridized carbons (Fsp3) is 0.312. The summed E-state index contributed by atoms with van der Waals surface area (Å²) >= 11 is 1.50. The van der Waals surface area contributed by atoms with Gasteiger partial charge in [-0.1, -0.05) is 32.9 Å². The van der Waals surface area contributed by atoms with Gasteiger partial charge in [0.1, 0.15) is 23.1 Å². The van der Waals surface area contributed by atoms with Crippen molar-refractivity contribution in [2.75, 3.05) is 36.3 Å². The second kappa shape index (κ2) is 12.5. The van der Waals surface area contributed by atoms with Crippen molar-refractivity contribution in [1.29, 1.82) is 0 Å². The van der Waals surface area contributed by atoms with Crippen molar-refractivity contribution in [1.82, 2.24) is 19.7 Å². The van der Waals surface area contributed by atoms with Gasteiger partial charge in [0, 0.05) is 41.1 Å². The molecule has 1 aliphatic rings. The van der Waals surface area contributed by atoms with Gasteiger partial charge >= 0.3 is 6.03 Å². The Labute approximate surface area is 256 Å². The molecule has 3 heterocycles. The quantitative estimate of drug-likeness (QED) is 0.194. The van der Waals surface area contributed by atoms with Crippen molar-refractivity contribution in [3.63, 3.8) is 0 Å². The maximum absolute atomic E-state index is 13.3. The third-order valence-electron chi connectivity index (χ3n) is 6.90. The summed E-state index contributed by atoms with van der Waals surface area (Å²) in [5.74, 6) is 2.32. The molecule has 224 valence electrons. The monoisotopic (exact) mass is 599 g/mol. The van der Waals surface area contributed by atoms with Crippen LogP contribution < -0.4 is 20.7 Å². The normalized spacial score (nSPS) is 13.0. The van der Waals surface area contributed by atoms with Gasteiger partial charge in [-0.3, -0.25) is 10.1 Å². The minimum absolute atomic E-state index is 0.0500. The lowest BCUT2D eigenvalue weighted by Crippen LogP contribution is -2.21. The molecule has 5 rings (SSSR count). The summed E-state index contributed by atoms with van der Waals surface area (Å²) in [6, 6.07) is 17.0. The number of ether oxygens (including phenoxy) is 1. The first-order valence-electron chi connectivity index (χ1n) is 14.1. The molecule has 0 saturated heterocycles. The summed E-state index contributed by atoms with van der Waals surface area (Å²) in [6.45, 7) is 7.08. The lowest BCUT2D eigenvalue weighted by Gasteiger charge is -2.19. The molecule has 3 N–H and O–H groups in total. The van der Waals surface area contributed by atoms with Crippen LogP contribution in [0.3, 0.4) is 0 Å². The van der Waals surface area contributed by atoms with E-state index in [9.17, 15) is 9.59 Å². The zero-order chi connectivity index (χ0) is 30.7. The molecule has 3 amide bonds. The second-order valence-corrected chi connectivity index (χ2v) is 12.6. The molecule has 0 radical (unpaired) electrons. The van der Waals surface area contributed by atoms with Gasteiger partial charge in [-0.05, 0) is 68.7 Å². The number of amides is 3. The molecule has 0 spiro atoms. The Morgan fingerprint density at radius 1 is 1.09 bits per heavy atom. The van der Waals surface area contributed by atoms with Crippen LogP contribution in [0.15, 0.2) is 65.7 Å². The predicted molar refractivity (Wildman–Crippen MR) is 172 cm³/mol. The van der Waals surface area contributed by atoms with Crippen LogP contribution in [0.5, 0.6) is 11.5 Å². The summed E-state index contributed by atoms with van der Waals surface area (Å²) in [4.78, 5) is 32.3. The van der Waals surface area contributed by atoms with Crippen LogP contribution in [-0.4, -0.2) is 52.0 Å². The number of anilines is 3. The Bertz CT molecular complexity index is 1660. The van der Waals surface area contributed by atoms with Gasteiger partial charge in [0.05, 0.1) is 17.1 Å². The fourth-order valence-electron chi connectivity index (χ4n) is 4.77. The number of urea groups is 1. The first-order chi connectivity index (χ1) is 20.5. The van der Waals surface area contributed by atoms with Crippen molar-refractivity contribution in [2.45, 2.75) is 50.5 Å². The number of nitrogens with zero attached hydrogens (tertiary/aromatic N) is 4. The number of fused-ring (bicyclic) bond motifs is 1. The lowest BCUT2D eigenvalue weighted by atomic mass is 9.92. The van der Waals surface area contributed by atoms with Crippen LogP contribution >= 0.6 is 11.8 Å². The van der Waals surface area contributed by atoms with Crippen LogP contribution in [0.25, 0.3) is 5.69 Å². The minimum Gasteiger partial charge on any atom is -0.457 e. The number of carbonyl (C=O) groups is 2. The topological polar surface area (TPSA) is 113 Å². The van der Waals surface area contributed by atoms with E-state index in [1.165, 1.54) is 11.8 Å². The highest BCUT2D eigenvalue weighted by Crippen LogP contribution is 2.36. The van der Waals surface area contributed by atoms with Gasteiger partial charge in [0.15, 0.2) is 0 Å². The van der Waals surface area contributed by atoms with E-state index >= 15 is 0 Å². The van der Waals surface area contributed by atoms with E-state index in [1.54, 1.807) is 16.9 Å². The van der Waals surface area contributed by atoms with Gasteiger partial charge in [-0.15, -0.1) is 11.8 Å². The predicted octanol–water partition coefficient (Wildman–Crippen LogP) is 6.67. The van der Waals surface area contributed by atoms with Gasteiger partial charge in [0.25, 0.3) is 0 Å². The van der Waals surface area contributed by atoms with E-state index in [0.29, 0.717) is 41.7 Å². The van der Waals surface area contributed by atoms with Gasteiger partial charge in [-0.25, -0.2) is 14.5 Å². The molecule has 43 heavy (non-hydrogen) atoms. The number of aromatic nitrogens is 3. The Balaban J connectivity index is 1.36. The van der Waals surface area contributed by atoms with Crippen molar-refractivity contribution >= 4 is 41.0 Å². The number of carbonyl (C=O) groups excluding carboxylic acids is 2. The van der Waals surface area contributed by atoms with E-state index in [-0.39, 0.29) is 17.4 Å². The summed E-state index contributed by atoms with van der Waals surface area (Å²) in [5, 5.41) is 13.7. The SMILES string of the molecule is CSc1cc(Oc2ccnc3c2CCC(=O)N3)ccc1NC(=O)Nc1cc(C(C)(C)C)nn1-c1cccc(CN(C)C)c1. The average Bonchev–Trinajstić information content (AvgIpc) is 3.38.